The van der Waals surface area contributed by atoms with Gasteiger partial charge in [0.25, 0.3) is 0 Å². The van der Waals surface area contributed by atoms with E-state index in [2.05, 4.69) is 0 Å². The first-order chi connectivity index (χ1) is 10.1. The molecule has 0 unspecified atom stereocenters. The van der Waals surface area contributed by atoms with Crippen molar-refractivity contribution in [2.45, 2.75) is 13.8 Å². The van der Waals surface area contributed by atoms with Crippen LogP contribution >= 0.6 is 11.6 Å². The minimum atomic E-state index is -0.524. The third-order valence-corrected chi connectivity index (χ3v) is 3.63. The van der Waals surface area contributed by atoms with Gasteiger partial charge < -0.3 is 9.15 Å². The number of para-hydroxylation sites is 1. The highest BCUT2D eigenvalue weighted by Crippen LogP contribution is 2.31. The van der Waals surface area contributed by atoms with Crippen molar-refractivity contribution in [3.8, 4) is 5.75 Å². The predicted molar refractivity (Wildman–Crippen MR) is 82.1 cm³/mol. The second-order valence-electron chi connectivity index (χ2n) is 4.88. The number of esters is 1. The molecule has 1 heterocycles. The molecule has 0 fully saturated rings. The number of furan rings is 1. The number of hydrogen-bond acceptors (Lipinski definition) is 3. The molecule has 3 nitrogen and oxygen atoms in total. The predicted octanol–water partition coefficient (Wildman–Crippen LogP) is 4.92. The Morgan fingerprint density at radius 3 is 2.48 bits per heavy atom. The maximum atomic E-state index is 12.2. The minimum absolute atomic E-state index is 0.179. The molecule has 0 spiro atoms. The number of aryl methyl sites for hydroxylation is 2. The van der Waals surface area contributed by atoms with E-state index in [0.29, 0.717) is 16.4 Å². The zero-order valence-electron chi connectivity index (χ0n) is 11.6. The van der Waals surface area contributed by atoms with Gasteiger partial charge >= 0.3 is 5.97 Å². The molecule has 0 saturated heterocycles. The van der Waals surface area contributed by atoms with Crippen molar-refractivity contribution in [1.29, 1.82) is 0 Å². The number of carbonyl (C=O) groups excluding carboxylic acids is 1. The zero-order valence-corrected chi connectivity index (χ0v) is 12.4. The first-order valence-corrected chi connectivity index (χ1v) is 6.90. The van der Waals surface area contributed by atoms with E-state index in [9.17, 15) is 4.79 Å². The summed E-state index contributed by atoms with van der Waals surface area (Å²) in [6.07, 6.45) is 0. The Bertz CT molecular complexity index is 816. The lowest BCUT2D eigenvalue weighted by Crippen LogP contribution is -2.08. The van der Waals surface area contributed by atoms with Crippen LogP contribution in [0.1, 0.15) is 21.7 Å². The average molecular weight is 301 g/mol. The van der Waals surface area contributed by atoms with Crippen LogP contribution in [0, 0.1) is 13.8 Å². The molecule has 0 aliphatic rings. The molecular weight excluding hydrogens is 288 g/mol. The third-order valence-electron chi connectivity index (χ3n) is 3.33. The fraction of sp³-hybridized carbons (Fsp3) is 0.118. The second-order valence-corrected chi connectivity index (χ2v) is 5.28. The van der Waals surface area contributed by atoms with Crippen LogP contribution in [0.4, 0.5) is 0 Å². The van der Waals surface area contributed by atoms with E-state index in [0.717, 1.165) is 16.5 Å². The largest absolute Gasteiger partial charge is 0.447 e. The van der Waals surface area contributed by atoms with Gasteiger partial charge in [0.15, 0.2) is 5.58 Å². The number of ether oxygens (including phenoxy) is 1. The van der Waals surface area contributed by atoms with Crippen molar-refractivity contribution in [2.75, 3.05) is 0 Å². The molecule has 0 saturated carbocycles. The zero-order chi connectivity index (χ0) is 15.0. The SMILES string of the molecule is Cc1ccc(OC(=O)c2oc3c(Cl)cccc3c2C)cc1. The van der Waals surface area contributed by atoms with Crippen LogP contribution in [-0.2, 0) is 0 Å². The molecule has 4 heteroatoms. The quantitative estimate of drug-likeness (QED) is 0.498. The number of hydrogen-bond donors (Lipinski definition) is 0. The van der Waals surface area contributed by atoms with E-state index in [1.54, 1.807) is 18.2 Å². The van der Waals surface area contributed by atoms with Crippen molar-refractivity contribution in [3.05, 3.63) is 64.4 Å². The molecule has 1 aromatic heterocycles. The van der Waals surface area contributed by atoms with Crippen LogP contribution in [0.3, 0.4) is 0 Å². The van der Waals surface area contributed by atoms with Gasteiger partial charge in [-0.1, -0.05) is 41.4 Å². The third kappa shape index (κ3) is 2.52. The Kier molecular flexibility index (Phi) is 3.43. The minimum Gasteiger partial charge on any atom is -0.447 e. The van der Waals surface area contributed by atoms with E-state index < -0.39 is 5.97 Å². The molecule has 106 valence electrons. The Labute approximate surface area is 127 Å². The Morgan fingerprint density at radius 2 is 1.81 bits per heavy atom. The Balaban J connectivity index is 1.96. The molecule has 0 atom stereocenters. The van der Waals surface area contributed by atoms with Crippen molar-refractivity contribution >= 4 is 28.5 Å². The molecule has 2 aromatic carbocycles. The number of rotatable bonds is 2. The summed E-state index contributed by atoms with van der Waals surface area (Å²) in [4.78, 5) is 12.2. The van der Waals surface area contributed by atoms with Gasteiger partial charge in [-0.3, -0.25) is 0 Å². The van der Waals surface area contributed by atoms with E-state index in [1.165, 1.54) is 0 Å². The summed E-state index contributed by atoms with van der Waals surface area (Å²) in [5.74, 6) is 0.138. The van der Waals surface area contributed by atoms with Crippen LogP contribution in [0.15, 0.2) is 46.9 Å². The number of fused-ring (bicyclic) bond motifs is 1. The van der Waals surface area contributed by atoms with Gasteiger partial charge in [-0.15, -0.1) is 0 Å². The van der Waals surface area contributed by atoms with Crippen LogP contribution in [-0.4, -0.2) is 5.97 Å². The van der Waals surface area contributed by atoms with Gasteiger partial charge in [-0.25, -0.2) is 4.79 Å². The van der Waals surface area contributed by atoms with Crippen molar-refractivity contribution in [2.24, 2.45) is 0 Å². The summed E-state index contributed by atoms with van der Waals surface area (Å²) in [6.45, 7) is 3.78. The number of halogens is 1. The molecule has 21 heavy (non-hydrogen) atoms. The monoisotopic (exact) mass is 300 g/mol. The lowest BCUT2D eigenvalue weighted by Gasteiger charge is -2.03. The topological polar surface area (TPSA) is 39.4 Å². The molecule has 0 bridgehead atoms. The summed E-state index contributed by atoms with van der Waals surface area (Å²) in [5.41, 5.74) is 2.33. The number of benzene rings is 2. The first kappa shape index (κ1) is 13.7. The highest BCUT2D eigenvalue weighted by molar-refractivity contribution is 6.35. The molecule has 0 N–H and O–H groups in total. The van der Waals surface area contributed by atoms with Gasteiger partial charge in [0.05, 0.1) is 5.02 Å². The molecule has 0 amide bonds. The van der Waals surface area contributed by atoms with E-state index in [1.807, 2.05) is 38.1 Å². The molecule has 0 aliphatic carbocycles. The number of carbonyl (C=O) groups is 1. The lowest BCUT2D eigenvalue weighted by atomic mass is 10.1. The van der Waals surface area contributed by atoms with E-state index in [4.69, 9.17) is 20.8 Å². The Hall–Kier alpha value is -2.26. The molecular formula is C17H13ClO3. The summed E-state index contributed by atoms with van der Waals surface area (Å²) in [6, 6.07) is 12.7. The van der Waals surface area contributed by atoms with Gasteiger partial charge in [0.1, 0.15) is 5.75 Å². The van der Waals surface area contributed by atoms with Crippen LogP contribution in [0.2, 0.25) is 5.02 Å². The van der Waals surface area contributed by atoms with Crippen LogP contribution < -0.4 is 4.74 Å². The van der Waals surface area contributed by atoms with E-state index >= 15 is 0 Å². The standard InChI is InChI=1S/C17H13ClO3/c1-10-6-8-12(9-7-10)20-17(19)15-11(2)13-4-3-5-14(18)16(13)21-15/h3-9H,1-2H3. The highest BCUT2D eigenvalue weighted by atomic mass is 35.5. The fourth-order valence-corrected chi connectivity index (χ4v) is 2.38. The first-order valence-electron chi connectivity index (χ1n) is 6.52. The average Bonchev–Trinajstić information content (AvgIpc) is 2.81. The summed E-state index contributed by atoms with van der Waals surface area (Å²) < 4.78 is 10.9. The van der Waals surface area contributed by atoms with Gasteiger partial charge in [-0.2, -0.15) is 0 Å². The van der Waals surface area contributed by atoms with E-state index in [-0.39, 0.29) is 5.76 Å². The molecule has 0 radical (unpaired) electrons. The molecule has 3 rings (SSSR count). The molecule has 3 aromatic rings. The summed E-state index contributed by atoms with van der Waals surface area (Å²) in [5, 5.41) is 1.29. The van der Waals surface area contributed by atoms with Crippen molar-refractivity contribution < 1.29 is 13.9 Å². The summed E-state index contributed by atoms with van der Waals surface area (Å²) >= 11 is 6.08. The smallest absolute Gasteiger partial charge is 0.379 e. The van der Waals surface area contributed by atoms with Gasteiger partial charge in [0, 0.05) is 10.9 Å². The van der Waals surface area contributed by atoms with Gasteiger partial charge in [0.2, 0.25) is 5.76 Å². The van der Waals surface area contributed by atoms with Crippen molar-refractivity contribution in [3.63, 3.8) is 0 Å². The highest BCUT2D eigenvalue weighted by Gasteiger charge is 2.20. The van der Waals surface area contributed by atoms with Crippen molar-refractivity contribution in [1.82, 2.24) is 0 Å². The summed E-state index contributed by atoms with van der Waals surface area (Å²) in [7, 11) is 0. The Morgan fingerprint density at radius 1 is 1.10 bits per heavy atom. The van der Waals surface area contributed by atoms with Gasteiger partial charge in [-0.05, 0) is 32.0 Å². The van der Waals surface area contributed by atoms with Crippen LogP contribution in [0.25, 0.3) is 11.0 Å². The normalized spacial score (nSPS) is 10.8. The maximum Gasteiger partial charge on any atom is 0.379 e. The fourth-order valence-electron chi connectivity index (χ4n) is 2.16. The molecule has 0 aliphatic heterocycles. The van der Waals surface area contributed by atoms with Crippen LogP contribution in [0.5, 0.6) is 5.75 Å². The maximum absolute atomic E-state index is 12.2. The lowest BCUT2D eigenvalue weighted by molar-refractivity contribution is 0.0703. The second kappa shape index (κ2) is 5.26.